The van der Waals surface area contributed by atoms with Gasteiger partial charge in [-0.1, -0.05) is 23.9 Å². The monoisotopic (exact) mass is 385 g/mol. The third kappa shape index (κ3) is 3.71. The van der Waals surface area contributed by atoms with Crippen LogP contribution in [0.15, 0.2) is 52.2 Å². The molecule has 140 valence electrons. The Morgan fingerprint density at radius 1 is 1.30 bits per heavy atom. The minimum Gasteiger partial charge on any atom is -0.497 e. The summed E-state index contributed by atoms with van der Waals surface area (Å²) in [4.78, 5) is 12.0. The molecule has 0 radical (unpaired) electrons. The number of nitrogens with zero attached hydrogens (tertiary/aromatic N) is 3. The zero-order chi connectivity index (χ0) is 18.8. The third-order valence-electron chi connectivity index (χ3n) is 4.31. The molecule has 0 bridgehead atoms. The van der Waals surface area contributed by atoms with Crippen molar-refractivity contribution < 1.29 is 18.7 Å². The molecule has 4 rings (SSSR count). The molecule has 1 aliphatic heterocycles. The quantitative estimate of drug-likeness (QED) is 0.602. The van der Waals surface area contributed by atoms with E-state index in [2.05, 4.69) is 10.2 Å². The van der Waals surface area contributed by atoms with E-state index in [1.165, 1.54) is 11.8 Å². The van der Waals surface area contributed by atoms with E-state index in [9.17, 15) is 4.79 Å². The fourth-order valence-corrected chi connectivity index (χ4v) is 4.14. The molecule has 2 atom stereocenters. The highest BCUT2D eigenvalue weighted by molar-refractivity contribution is 8.00. The SMILES string of the molecule is COc1cccc(-c2nnc(S[C@@H]3C[C@@H](C)OC3=O)n2Cc2ccco2)c1. The molecule has 0 saturated carbocycles. The van der Waals surface area contributed by atoms with Crippen LogP contribution in [0.5, 0.6) is 5.75 Å². The molecule has 1 aromatic carbocycles. The number of hydrogen-bond donors (Lipinski definition) is 0. The smallest absolute Gasteiger partial charge is 0.319 e. The lowest BCUT2D eigenvalue weighted by Gasteiger charge is -2.11. The maximum absolute atomic E-state index is 12.0. The number of esters is 1. The first-order valence-electron chi connectivity index (χ1n) is 8.61. The Bertz CT molecular complexity index is 938. The number of furan rings is 1. The predicted molar refractivity (Wildman–Crippen MR) is 99.6 cm³/mol. The lowest BCUT2D eigenvalue weighted by Crippen LogP contribution is -2.12. The fourth-order valence-electron chi connectivity index (χ4n) is 3.00. The summed E-state index contributed by atoms with van der Waals surface area (Å²) in [5.74, 6) is 2.00. The third-order valence-corrected chi connectivity index (χ3v) is 5.50. The number of ether oxygens (including phenoxy) is 2. The van der Waals surface area contributed by atoms with Crippen LogP contribution in [0.25, 0.3) is 11.4 Å². The molecule has 1 saturated heterocycles. The second-order valence-electron chi connectivity index (χ2n) is 6.29. The van der Waals surface area contributed by atoms with E-state index in [4.69, 9.17) is 13.9 Å². The number of cyclic esters (lactones) is 1. The molecule has 0 N–H and O–H groups in total. The van der Waals surface area contributed by atoms with Gasteiger partial charge in [0, 0.05) is 12.0 Å². The highest BCUT2D eigenvalue weighted by atomic mass is 32.2. The van der Waals surface area contributed by atoms with Gasteiger partial charge in [-0.05, 0) is 31.2 Å². The Kier molecular flexibility index (Phi) is 4.89. The Morgan fingerprint density at radius 3 is 2.89 bits per heavy atom. The maximum atomic E-state index is 12.0. The second-order valence-corrected chi connectivity index (χ2v) is 7.46. The van der Waals surface area contributed by atoms with Gasteiger partial charge in [0.1, 0.15) is 22.9 Å². The average molecular weight is 385 g/mol. The average Bonchev–Trinajstić information content (AvgIpc) is 3.38. The zero-order valence-electron chi connectivity index (χ0n) is 15.0. The highest BCUT2D eigenvalue weighted by Crippen LogP contribution is 2.34. The summed E-state index contributed by atoms with van der Waals surface area (Å²) in [7, 11) is 1.63. The van der Waals surface area contributed by atoms with Gasteiger partial charge in [0.05, 0.1) is 19.9 Å². The van der Waals surface area contributed by atoms with E-state index in [-0.39, 0.29) is 17.3 Å². The van der Waals surface area contributed by atoms with Gasteiger partial charge in [-0.3, -0.25) is 9.36 Å². The number of benzene rings is 1. The van der Waals surface area contributed by atoms with E-state index < -0.39 is 0 Å². The van der Waals surface area contributed by atoms with Crippen molar-refractivity contribution in [2.45, 2.75) is 36.4 Å². The van der Waals surface area contributed by atoms with Crippen molar-refractivity contribution in [3.05, 3.63) is 48.4 Å². The molecule has 3 aromatic rings. The van der Waals surface area contributed by atoms with Crippen molar-refractivity contribution >= 4 is 17.7 Å². The van der Waals surface area contributed by atoms with Gasteiger partial charge in [-0.15, -0.1) is 10.2 Å². The molecule has 7 nitrogen and oxygen atoms in total. The zero-order valence-corrected chi connectivity index (χ0v) is 15.8. The molecular formula is C19H19N3O4S. The van der Waals surface area contributed by atoms with E-state index in [0.29, 0.717) is 23.9 Å². The summed E-state index contributed by atoms with van der Waals surface area (Å²) >= 11 is 1.38. The Morgan fingerprint density at radius 2 is 2.19 bits per heavy atom. The second kappa shape index (κ2) is 7.48. The van der Waals surface area contributed by atoms with Crippen LogP contribution in [0.3, 0.4) is 0 Å². The molecule has 0 aliphatic carbocycles. The van der Waals surface area contributed by atoms with Crippen LogP contribution in [0, 0.1) is 0 Å². The van der Waals surface area contributed by atoms with Crippen LogP contribution in [0.4, 0.5) is 0 Å². The number of aromatic nitrogens is 3. The van der Waals surface area contributed by atoms with Gasteiger partial charge in [-0.2, -0.15) is 0 Å². The normalized spacial score (nSPS) is 19.3. The fraction of sp³-hybridized carbons (Fsp3) is 0.316. The highest BCUT2D eigenvalue weighted by Gasteiger charge is 2.34. The van der Waals surface area contributed by atoms with Crippen molar-refractivity contribution in [3.8, 4) is 17.1 Å². The van der Waals surface area contributed by atoms with E-state index >= 15 is 0 Å². The van der Waals surface area contributed by atoms with Gasteiger partial charge < -0.3 is 13.9 Å². The Hall–Kier alpha value is -2.74. The molecule has 27 heavy (non-hydrogen) atoms. The van der Waals surface area contributed by atoms with Crippen LogP contribution >= 0.6 is 11.8 Å². The summed E-state index contributed by atoms with van der Waals surface area (Å²) in [6.45, 7) is 2.36. The van der Waals surface area contributed by atoms with Crippen LogP contribution in [-0.4, -0.2) is 39.2 Å². The molecule has 2 aromatic heterocycles. The number of methoxy groups -OCH3 is 1. The number of hydrogen-bond acceptors (Lipinski definition) is 7. The Balaban J connectivity index is 1.70. The van der Waals surface area contributed by atoms with Crippen molar-refractivity contribution in [1.29, 1.82) is 0 Å². The van der Waals surface area contributed by atoms with Crippen molar-refractivity contribution in [2.75, 3.05) is 7.11 Å². The summed E-state index contributed by atoms with van der Waals surface area (Å²) in [5, 5.41) is 9.08. The summed E-state index contributed by atoms with van der Waals surface area (Å²) in [6.07, 6.45) is 2.22. The first-order valence-corrected chi connectivity index (χ1v) is 9.49. The van der Waals surface area contributed by atoms with Crippen LogP contribution < -0.4 is 4.74 Å². The minimum absolute atomic E-state index is 0.0747. The molecule has 8 heteroatoms. The van der Waals surface area contributed by atoms with E-state index in [0.717, 1.165) is 17.1 Å². The number of rotatable bonds is 6. The van der Waals surface area contributed by atoms with Crippen LogP contribution in [-0.2, 0) is 16.1 Å². The maximum Gasteiger partial charge on any atom is 0.319 e. The number of carbonyl (C=O) groups is 1. The number of carbonyl (C=O) groups excluding carboxylic acids is 1. The van der Waals surface area contributed by atoms with Crippen LogP contribution in [0.2, 0.25) is 0 Å². The topological polar surface area (TPSA) is 79.4 Å². The lowest BCUT2D eigenvalue weighted by molar-refractivity contribution is -0.140. The van der Waals surface area contributed by atoms with Crippen molar-refractivity contribution in [2.24, 2.45) is 0 Å². The molecule has 0 amide bonds. The molecule has 1 fully saturated rings. The standard InChI is InChI=1S/C19H19N3O4S/c1-12-9-16(18(23)26-12)27-19-21-20-17(13-5-3-6-14(10-13)24-2)22(19)11-15-7-4-8-25-15/h3-8,10,12,16H,9,11H2,1-2H3/t12-,16-/m1/s1. The van der Waals surface area contributed by atoms with Gasteiger partial charge >= 0.3 is 5.97 Å². The largest absolute Gasteiger partial charge is 0.497 e. The van der Waals surface area contributed by atoms with E-state index in [1.807, 2.05) is 47.9 Å². The molecule has 3 heterocycles. The number of thioether (sulfide) groups is 1. The minimum atomic E-state index is -0.280. The first kappa shape index (κ1) is 17.7. The Labute approximate surface area is 160 Å². The van der Waals surface area contributed by atoms with Crippen LogP contribution in [0.1, 0.15) is 19.1 Å². The molecule has 0 unspecified atom stereocenters. The van der Waals surface area contributed by atoms with Gasteiger partial charge in [-0.25, -0.2) is 0 Å². The van der Waals surface area contributed by atoms with Gasteiger partial charge in [0.25, 0.3) is 0 Å². The van der Waals surface area contributed by atoms with Crippen molar-refractivity contribution in [1.82, 2.24) is 14.8 Å². The molecule has 0 spiro atoms. The predicted octanol–water partition coefficient (Wildman–Crippen LogP) is 3.39. The summed E-state index contributed by atoms with van der Waals surface area (Å²) < 4.78 is 18.0. The van der Waals surface area contributed by atoms with E-state index in [1.54, 1.807) is 13.4 Å². The molecular weight excluding hydrogens is 366 g/mol. The van der Waals surface area contributed by atoms with Crippen molar-refractivity contribution in [3.63, 3.8) is 0 Å². The van der Waals surface area contributed by atoms with Gasteiger partial charge in [0.2, 0.25) is 0 Å². The summed E-state index contributed by atoms with van der Waals surface area (Å²) in [5.41, 5.74) is 0.877. The lowest BCUT2D eigenvalue weighted by atomic mass is 10.2. The van der Waals surface area contributed by atoms with Gasteiger partial charge in [0.15, 0.2) is 11.0 Å². The molecule has 1 aliphatic rings. The first-order chi connectivity index (χ1) is 13.1. The summed E-state index contributed by atoms with van der Waals surface area (Å²) in [6, 6.07) is 11.4.